The highest BCUT2D eigenvalue weighted by atomic mass is 19.2. The van der Waals surface area contributed by atoms with E-state index in [9.17, 15) is 22.4 Å². The molecule has 12 heteroatoms. The van der Waals surface area contributed by atoms with Gasteiger partial charge in [0.25, 0.3) is 0 Å². The van der Waals surface area contributed by atoms with E-state index in [4.69, 9.17) is 10.5 Å². The predicted molar refractivity (Wildman–Crippen MR) is 143 cm³/mol. The first-order valence-corrected chi connectivity index (χ1v) is 12.9. The number of nitrogens with two attached hydrogens (primary N) is 1. The number of hydrogen-bond acceptors (Lipinski definition) is 6. The van der Waals surface area contributed by atoms with Crippen LogP contribution in [0.5, 0.6) is 11.5 Å². The highest BCUT2D eigenvalue weighted by Crippen LogP contribution is 2.38. The van der Waals surface area contributed by atoms with Crippen LogP contribution in [-0.2, 0) is 4.79 Å². The molecular weight excluding hydrogens is 545 g/mol. The molecule has 7 nitrogen and oxygen atoms in total. The molecule has 1 atom stereocenters. The van der Waals surface area contributed by atoms with Gasteiger partial charge in [0.1, 0.15) is 23.7 Å². The van der Waals surface area contributed by atoms with Crippen LogP contribution in [0.25, 0.3) is 0 Å². The number of aliphatic imine (C=N–C) groups is 1. The van der Waals surface area contributed by atoms with Crippen LogP contribution < -0.4 is 15.8 Å². The minimum absolute atomic E-state index is 0.0305. The van der Waals surface area contributed by atoms with Crippen molar-refractivity contribution in [2.45, 2.75) is 44.6 Å². The van der Waals surface area contributed by atoms with Gasteiger partial charge in [-0.1, -0.05) is 13.5 Å². The molecular formula is C29H28F5N5O2. The molecule has 1 fully saturated rings. The van der Waals surface area contributed by atoms with Crippen molar-refractivity contribution >= 4 is 17.4 Å². The van der Waals surface area contributed by atoms with Gasteiger partial charge < -0.3 is 15.8 Å². The molecule has 0 bridgehead atoms. The Bertz CT molecular complexity index is 1480. The van der Waals surface area contributed by atoms with Crippen molar-refractivity contribution in [3.8, 4) is 11.5 Å². The van der Waals surface area contributed by atoms with Crippen LogP contribution in [0.3, 0.4) is 0 Å². The van der Waals surface area contributed by atoms with Crippen molar-refractivity contribution in [3.05, 3.63) is 89.2 Å². The van der Waals surface area contributed by atoms with Crippen LogP contribution >= 0.6 is 0 Å². The second-order valence-electron chi connectivity index (χ2n) is 9.75. The van der Waals surface area contributed by atoms with E-state index >= 15 is 4.39 Å². The topological polar surface area (TPSA) is 102 Å². The van der Waals surface area contributed by atoms with Crippen LogP contribution in [0.2, 0.25) is 0 Å². The first kappa shape index (κ1) is 29.6. The summed E-state index contributed by atoms with van der Waals surface area (Å²) in [5.41, 5.74) is 7.25. The van der Waals surface area contributed by atoms with Crippen LogP contribution in [-0.4, -0.2) is 34.7 Å². The van der Waals surface area contributed by atoms with E-state index in [0.717, 1.165) is 31.7 Å². The van der Waals surface area contributed by atoms with Gasteiger partial charge in [-0.15, -0.1) is 0 Å². The first-order valence-electron chi connectivity index (χ1n) is 12.9. The molecule has 1 saturated carbocycles. The average Bonchev–Trinajstić information content (AvgIpc) is 2.96. The fraction of sp³-hybridized carbons (Fsp3) is 0.310. The molecule has 216 valence electrons. The zero-order chi connectivity index (χ0) is 29.8. The second-order valence-corrected chi connectivity index (χ2v) is 9.75. The largest absolute Gasteiger partial charge is 0.451 e. The highest BCUT2D eigenvalue weighted by Gasteiger charge is 2.31. The molecule has 1 heterocycles. The summed E-state index contributed by atoms with van der Waals surface area (Å²) in [6.45, 7) is 5.47. The Morgan fingerprint density at radius 1 is 1.07 bits per heavy atom. The first-order chi connectivity index (χ1) is 19.5. The quantitative estimate of drug-likeness (QED) is 0.149. The van der Waals surface area contributed by atoms with Crippen LogP contribution in [0, 0.1) is 35.0 Å². The van der Waals surface area contributed by atoms with Crippen molar-refractivity contribution < 1.29 is 31.5 Å². The smallest absolute Gasteiger partial charge is 0.243 e. The summed E-state index contributed by atoms with van der Waals surface area (Å²) < 4.78 is 75.6. The summed E-state index contributed by atoms with van der Waals surface area (Å²) in [4.78, 5) is 24.5. The molecule has 1 unspecified atom stereocenters. The Morgan fingerprint density at radius 3 is 2.32 bits per heavy atom. The minimum Gasteiger partial charge on any atom is -0.451 e. The Kier molecular flexibility index (Phi) is 8.99. The van der Waals surface area contributed by atoms with Gasteiger partial charge in [0.05, 0.1) is 17.0 Å². The van der Waals surface area contributed by atoms with E-state index < -0.39 is 40.6 Å². The summed E-state index contributed by atoms with van der Waals surface area (Å²) in [6.07, 6.45) is 5.71. The third-order valence-corrected chi connectivity index (χ3v) is 7.30. The SMILES string of the molecule is C=CC(=O)NC1CCC(C(C)c2ncnc(N)c2C(=NC)c2ccc(Oc3c(F)c(F)cc(F)c3F)cc2F)CC1. The molecule has 1 amide bonds. The number of amides is 1. The number of benzene rings is 2. The number of halogens is 5. The zero-order valence-corrected chi connectivity index (χ0v) is 22.4. The number of hydrogen-bond donors (Lipinski definition) is 2. The third-order valence-electron chi connectivity index (χ3n) is 7.30. The molecule has 0 spiro atoms. The number of rotatable bonds is 8. The average molecular weight is 574 g/mol. The van der Waals surface area contributed by atoms with Gasteiger partial charge in [-0.05, 0) is 49.8 Å². The van der Waals surface area contributed by atoms with Gasteiger partial charge >= 0.3 is 0 Å². The lowest BCUT2D eigenvalue weighted by Gasteiger charge is -2.33. The Morgan fingerprint density at radius 2 is 1.73 bits per heavy atom. The summed E-state index contributed by atoms with van der Waals surface area (Å²) in [5, 5.41) is 2.92. The number of anilines is 1. The Labute approximate surface area is 233 Å². The Hall–Kier alpha value is -4.35. The molecule has 0 saturated heterocycles. The molecule has 0 aliphatic heterocycles. The number of nitrogen functional groups attached to an aromatic ring is 1. The number of nitrogens with zero attached hydrogens (tertiary/aromatic N) is 3. The fourth-order valence-electron chi connectivity index (χ4n) is 5.13. The molecule has 3 aromatic rings. The standard InChI is InChI=1S/C29H28F5N5O2/c1-4-22(40)39-16-7-5-15(6-8-16)14(2)26-23(29(35)38-13-37-26)27(36-3)18-10-9-17(11-19(18)30)41-28-24(33)20(31)12-21(32)25(28)34/h4,9-16H,1,5-8H2,2-3H3,(H,39,40)(H2,35,37,38). The maximum atomic E-state index is 15.4. The normalized spacial score (nSPS) is 18.1. The van der Waals surface area contributed by atoms with E-state index in [1.54, 1.807) is 0 Å². The van der Waals surface area contributed by atoms with Gasteiger partial charge in [-0.25, -0.2) is 23.1 Å². The van der Waals surface area contributed by atoms with Crippen molar-refractivity contribution in [2.75, 3.05) is 12.8 Å². The van der Waals surface area contributed by atoms with Gasteiger partial charge in [0, 0.05) is 36.7 Å². The van der Waals surface area contributed by atoms with Gasteiger partial charge in [-0.3, -0.25) is 9.79 Å². The monoisotopic (exact) mass is 573 g/mol. The summed E-state index contributed by atoms with van der Waals surface area (Å²) >= 11 is 0. The lowest BCUT2D eigenvalue weighted by Crippen LogP contribution is -2.37. The maximum Gasteiger partial charge on any atom is 0.243 e. The van der Waals surface area contributed by atoms with E-state index in [1.165, 1.54) is 31.6 Å². The second kappa shape index (κ2) is 12.4. The molecule has 41 heavy (non-hydrogen) atoms. The third kappa shape index (κ3) is 6.21. The van der Waals surface area contributed by atoms with E-state index in [0.29, 0.717) is 11.3 Å². The van der Waals surface area contributed by atoms with Gasteiger partial charge in [-0.2, -0.15) is 8.78 Å². The van der Waals surface area contributed by atoms with Crippen LogP contribution in [0.4, 0.5) is 27.8 Å². The summed E-state index contributed by atoms with van der Waals surface area (Å²) in [5.74, 6) is -9.55. The number of ether oxygens (including phenoxy) is 1. The van der Waals surface area contributed by atoms with Crippen LogP contribution in [0.1, 0.15) is 55.3 Å². The van der Waals surface area contributed by atoms with Crippen molar-refractivity contribution in [3.63, 3.8) is 0 Å². The molecule has 1 aliphatic carbocycles. The Balaban J connectivity index is 1.62. The van der Waals surface area contributed by atoms with Gasteiger partial charge in [0.2, 0.25) is 23.3 Å². The van der Waals surface area contributed by atoms with E-state index in [1.807, 2.05) is 6.92 Å². The number of nitrogens with one attached hydrogen (secondary N) is 1. The lowest BCUT2D eigenvalue weighted by molar-refractivity contribution is -0.117. The maximum absolute atomic E-state index is 15.4. The molecule has 1 aliphatic rings. The number of aromatic nitrogens is 2. The number of carbonyl (C=O) groups excluding carboxylic acids is 1. The summed E-state index contributed by atoms with van der Waals surface area (Å²) in [6, 6.07) is 3.32. The van der Waals surface area contributed by atoms with Gasteiger partial charge in [0.15, 0.2) is 11.6 Å². The molecule has 1 aromatic heterocycles. The predicted octanol–water partition coefficient (Wildman–Crippen LogP) is 5.98. The van der Waals surface area contributed by atoms with Crippen LogP contribution in [0.15, 0.2) is 48.2 Å². The van der Waals surface area contributed by atoms with Crippen molar-refractivity contribution in [1.82, 2.24) is 15.3 Å². The fourth-order valence-corrected chi connectivity index (χ4v) is 5.13. The molecule has 3 N–H and O–H groups in total. The number of carbonyl (C=O) groups is 1. The molecule has 2 aromatic carbocycles. The highest BCUT2D eigenvalue weighted by molar-refractivity contribution is 6.16. The van der Waals surface area contributed by atoms with E-state index in [2.05, 4.69) is 26.9 Å². The minimum atomic E-state index is -1.76. The lowest BCUT2D eigenvalue weighted by atomic mass is 9.76. The van der Waals surface area contributed by atoms with Crippen molar-refractivity contribution in [2.24, 2.45) is 10.9 Å². The van der Waals surface area contributed by atoms with E-state index in [-0.39, 0.29) is 46.9 Å². The zero-order valence-electron chi connectivity index (χ0n) is 22.4. The molecule has 4 rings (SSSR count). The summed E-state index contributed by atoms with van der Waals surface area (Å²) in [7, 11) is 1.44. The van der Waals surface area contributed by atoms with Crippen molar-refractivity contribution in [1.29, 1.82) is 0 Å². The molecule has 0 radical (unpaired) electrons.